The van der Waals surface area contributed by atoms with Gasteiger partial charge in [-0.3, -0.25) is 4.79 Å². The second-order valence-corrected chi connectivity index (χ2v) is 6.55. The van der Waals surface area contributed by atoms with E-state index >= 15 is 0 Å². The molecule has 0 aliphatic heterocycles. The van der Waals surface area contributed by atoms with E-state index in [1.807, 2.05) is 43.5 Å². The summed E-state index contributed by atoms with van der Waals surface area (Å²) in [6, 6.07) is 9.79. The molecular weight excluding hydrogens is 330 g/mol. The second kappa shape index (κ2) is 5.39. The Bertz CT molecular complexity index is 1220. The molecule has 0 N–H and O–H groups in total. The molecule has 3 heterocycles. The summed E-state index contributed by atoms with van der Waals surface area (Å²) in [6.07, 6.45) is 3.90. The van der Waals surface area contributed by atoms with Crippen LogP contribution >= 0.6 is 0 Å². The maximum absolute atomic E-state index is 13.3. The molecule has 0 amide bonds. The molecule has 0 radical (unpaired) electrons. The lowest BCUT2D eigenvalue weighted by Gasteiger charge is -2.13. The van der Waals surface area contributed by atoms with E-state index in [9.17, 15) is 4.79 Å². The van der Waals surface area contributed by atoms with Crippen molar-refractivity contribution in [2.75, 3.05) is 7.11 Å². The van der Waals surface area contributed by atoms with Crippen LogP contribution in [0.3, 0.4) is 0 Å². The fourth-order valence-corrected chi connectivity index (χ4v) is 3.43. The Labute approximate surface area is 148 Å². The van der Waals surface area contributed by atoms with E-state index in [4.69, 9.17) is 4.74 Å². The van der Waals surface area contributed by atoms with Gasteiger partial charge in [-0.2, -0.15) is 9.50 Å². The van der Waals surface area contributed by atoms with Gasteiger partial charge in [-0.05, 0) is 38.0 Å². The van der Waals surface area contributed by atoms with E-state index in [2.05, 4.69) is 15.1 Å². The topological polar surface area (TPSA) is 74.3 Å². The average molecular weight is 347 g/mol. The number of hydrogen-bond acceptors (Lipinski definition) is 5. The lowest BCUT2D eigenvalue weighted by Crippen LogP contribution is -2.20. The van der Waals surface area contributed by atoms with Crippen molar-refractivity contribution < 1.29 is 4.74 Å². The van der Waals surface area contributed by atoms with Gasteiger partial charge in [0.15, 0.2) is 0 Å². The first-order valence-corrected chi connectivity index (χ1v) is 8.59. The molecule has 0 saturated heterocycles. The van der Waals surface area contributed by atoms with Gasteiger partial charge in [-0.1, -0.05) is 12.1 Å². The monoisotopic (exact) mass is 347 g/mol. The summed E-state index contributed by atoms with van der Waals surface area (Å²) in [4.78, 5) is 22.2. The zero-order valence-corrected chi connectivity index (χ0v) is 14.5. The Morgan fingerprint density at radius 3 is 2.73 bits per heavy atom. The molecular formula is C19H17N5O2. The van der Waals surface area contributed by atoms with Crippen LogP contribution in [0.1, 0.15) is 24.7 Å². The number of methoxy groups -OCH3 is 1. The van der Waals surface area contributed by atoms with Crippen LogP contribution in [0.2, 0.25) is 0 Å². The first-order chi connectivity index (χ1) is 12.7. The highest BCUT2D eigenvalue weighted by Crippen LogP contribution is 2.36. The number of pyridine rings is 1. The Morgan fingerprint density at radius 1 is 1.15 bits per heavy atom. The molecule has 1 aliphatic rings. The Hall–Kier alpha value is -3.22. The van der Waals surface area contributed by atoms with Gasteiger partial charge in [0, 0.05) is 17.8 Å². The Kier molecular flexibility index (Phi) is 3.12. The fraction of sp³-hybridized carbons (Fsp3) is 0.263. The second-order valence-electron chi connectivity index (χ2n) is 6.55. The van der Waals surface area contributed by atoms with Gasteiger partial charge in [0.1, 0.15) is 11.6 Å². The maximum atomic E-state index is 13.3. The third kappa shape index (κ3) is 2.13. The smallest absolute Gasteiger partial charge is 0.262 e. The molecule has 7 nitrogen and oxygen atoms in total. The average Bonchev–Trinajstić information content (AvgIpc) is 3.41. The first kappa shape index (κ1) is 15.1. The highest BCUT2D eigenvalue weighted by atomic mass is 16.5. The van der Waals surface area contributed by atoms with E-state index < -0.39 is 0 Å². The SMILES string of the molecule is COc1ccccc1-c1c2c(=O)n(C3CC3)ccc2nc2nc(C)nn12. The quantitative estimate of drug-likeness (QED) is 0.570. The van der Waals surface area contributed by atoms with Crippen LogP contribution in [-0.4, -0.2) is 31.3 Å². The molecule has 130 valence electrons. The van der Waals surface area contributed by atoms with Gasteiger partial charge in [-0.15, -0.1) is 5.10 Å². The Morgan fingerprint density at radius 2 is 1.96 bits per heavy atom. The zero-order chi connectivity index (χ0) is 17.8. The molecule has 1 fully saturated rings. The molecule has 1 saturated carbocycles. The van der Waals surface area contributed by atoms with E-state index in [0.29, 0.717) is 33.9 Å². The van der Waals surface area contributed by atoms with Crippen molar-refractivity contribution in [3.63, 3.8) is 0 Å². The van der Waals surface area contributed by atoms with Gasteiger partial charge in [0.25, 0.3) is 11.3 Å². The summed E-state index contributed by atoms with van der Waals surface area (Å²) in [6.45, 7) is 1.81. The van der Waals surface area contributed by atoms with Crippen molar-refractivity contribution in [1.29, 1.82) is 0 Å². The number of rotatable bonds is 3. The molecule has 0 atom stereocenters. The van der Waals surface area contributed by atoms with Crippen molar-refractivity contribution in [1.82, 2.24) is 24.1 Å². The van der Waals surface area contributed by atoms with Crippen LogP contribution in [-0.2, 0) is 0 Å². The van der Waals surface area contributed by atoms with Crippen LogP contribution in [0.25, 0.3) is 27.9 Å². The van der Waals surface area contributed by atoms with Crippen LogP contribution in [0.15, 0.2) is 41.3 Å². The first-order valence-electron chi connectivity index (χ1n) is 8.59. The summed E-state index contributed by atoms with van der Waals surface area (Å²) in [7, 11) is 1.62. The minimum atomic E-state index is -0.0477. The number of ether oxygens (including phenoxy) is 1. The summed E-state index contributed by atoms with van der Waals surface area (Å²) in [5.74, 6) is 1.75. The third-order valence-electron chi connectivity index (χ3n) is 4.76. The summed E-state index contributed by atoms with van der Waals surface area (Å²) < 4.78 is 8.99. The van der Waals surface area contributed by atoms with Crippen molar-refractivity contribution >= 4 is 16.7 Å². The zero-order valence-electron chi connectivity index (χ0n) is 14.5. The lowest BCUT2D eigenvalue weighted by molar-refractivity contribution is 0.416. The molecule has 7 heteroatoms. The fourth-order valence-electron chi connectivity index (χ4n) is 3.43. The van der Waals surface area contributed by atoms with Crippen molar-refractivity contribution in [3.8, 4) is 17.0 Å². The normalized spacial score (nSPS) is 14.2. The van der Waals surface area contributed by atoms with Crippen LogP contribution in [0, 0.1) is 6.92 Å². The largest absolute Gasteiger partial charge is 0.496 e. The molecule has 3 aromatic heterocycles. The van der Waals surface area contributed by atoms with Crippen molar-refractivity contribution in [3.05, 3.63) is 52.7 Å². The maximum Gasteiger partial charge on any atom is 0.262 e. The van der Waals surface area contributed by atoms with E-state index in [1.54, 1.807) is 16.2 Å². The number of benzene rings is 1. The molecule has 0 bridgehead atoms. The number of aryl methyl sites for hydroxylation is 1. The molecule has 1 aliphatic carbocycles. The molecule has 4 aromatic rings. The van der Waals surface area contributed by atoms with Crippen molar-refractivity contribution in [2.24, 2.45) is 0 Å². The molecule has 0 spiro atoms. The van der Waals surface area contributed by atoms with Crippen LogP contribution < -0.4 is 10.3 Å². The van der Waals surface area contributed by atoms with E-state index in [1.165, 1.54) is 0 Å². The molecule has 1 aromatic carbocycles. The van der Waals surface area contributed by atoms with Gasteiger partial charge >= 0.3 is 0 Å². The summed E-state index contributed by atoms with van der Waals surface area (Å²) in [5.41, 5.74) is 2.03. The highest BCUT2D eigenvalue weighted by molar-refractivity contribution is 5.94. The number of nitrogens with zero attached hydrogens (tertiary/aromatic N) is 5. The van der Waals surface area contributed by atoms with Gasteiger partial charge < -0.3 is 9.30 Å². The van der Waals surface area contributed by atoms with Gasteiger partial charge in [-0.25, -0.2) is 4.98 Å². The van der Waals surface area contributed by atoms with Crippen LogP contribution in [0.5, 0.6) is 5.75 Å². The minimum absolute atomic E-state index is 0.0477. The third-order valence-corrected chi connectivity index (χ3v) is 4.76. The highest BCUT2D eigenvalue weighted by Gasteiger charge is 2.27. The van der Waals surface area contributed by atoms with Crippen molar-refractivity contribution in [2.45, 2.75) is 25.8 Å². The van der Waals surface area contributed by atoms with Gasteiger partial charge in [0.05, 0.1) is 23.7 Å². The number of hydrogen-bond donors (Lipinski definition) is 0. The molecule has 0 unspecified atom stereocenters. The predicted molar refractivity (Wildman–Crippen MR) is 97.5 cm³/mol. The summed E-state index contributed by atoms with van der Waals surface area (Å²) >= 11 is 0. The van der Waals surface area contributed by atoms with Crippen LogP contribution in [0.4, 0.5) is 0 Å². The lowest BCUT2D eigenvalue weighted by atomic mass is 10.1. The standard InChI is InChI=1S/C19H17N5O2/c1-11-20-19-21-14-9-10-23(12-7-8-12)18(25)16(14)17(24(19)22-11)13-5-3-4-6-15(13)26-2/h3-6,9-10,12H,7-8H2,1-2H3. The minimum Gasteiger partial charge on any atom is -0.496 e. The number of para-hydroxylation sites is 1. The van der Waals surface area contributed by atoms with E-state index in [-0.39, 0.29) is 11.6 Å². The molecule has 5 rings (SSSR count). The number of fused-ring (bicyclic) bond motifs is 2. The van der Waals surface area contributed by atoms with E-state index in [0.717, 1.165) is 18.4 Å². The van der Waals surface area contributed by atoms with Gasteiger partial charge in [0.2, 0.25) is 0 Å². The number of aromatic nitrogens is 5. The molecule has 26 heavy (non-hydrogen) atoms. The Balaban J connectivity index is 1.99. The summed E-state index contributed by atoms with van der Waals surface area (Å²) in [5, 5.41) is 5.03. The predicted octanol–water partition coefficient (Wildman–Crippen LogP) is 2.76.